The second kappa shape index (κ2) is 26.5. The molecular formula is C118H66O6. The molecule has 574 valence electrons. The van der Waals surface area contributed by atoms with E-state index in [2.05, 4.69) is 394 Å². The molecule has 0 N–H and O–H groups in total. The largest absolute Gasteiger partial charge is 0.456 e. The van der Waals surface area contributed by atoms with E-state index < -0.39 is 0 Å². The SMILES string of the molecule is c1ccc(-c2cc(-c3ccccc3)c3oc4cccc5c4c(c3c2)c2cccc3oc4c6ccccc6ccc4c5c32)cc1.c1ccc(-c2cc3c(oc4cccc5c4c3c3cccc4oc6ccccc6c5c43)c3ccccc23)cc1.c1ccc(-c2cc3ccccc3c3c2oc2cccc4c2c3c2cccc3oc5c6ccccc6ccc5c4c32)cc1. The van der Waals surface area contributed by atoms with E-state index in [1.165, 1.54) is 108 Å². The molecule has 0 spiro atoms. The van der Waals surface area contributed by atoms with Crippen LogP contribution in [0.5, 0.6) is 0 Å². The van der Waals surface area contributed by atoms with E-state index in [4.69, 9.17) is 26.5 Å². The maximum Gasteiger partial charge on any atom is 0.143 e. The van der Waals surface area contributed by atoms with Crippen molar-refractivity contribution >= 4 is 239 Å². The number of fused-ring (bicyclic) bond motifs is 26. The summed E-state index contributed by atoms with van der Waals surface area (Å²) >= 11 is 0. The number of para-hydroxylation sites is 1. The lowest BCUT2D eigenvalue weighted by Gasteiger charge is -2.19. The van der Waals surface area contributed by atoms with Crippen molar-refractivity contribution in [2.45, 2.75) is 0 Å². The van der Waals surface area contributed by atoms with Crippen molar-refractivity contribution in [2.75, 3.05) is 0 Å². The summed E-state index contributed by atoms with van der Waals surface area (Å²) in [5.41, 5.74) is 20.0. The summed E-state index contributed by atoms with van der Waals surface area (Å²) in [5, 5.41) is 37.2. The molecule has 0 saturated carbocycles. The van der Waals surface area contributed by atoms with Gasteiger partial charge in [0, 0.05) is 124 Å². The molecule has 29 rings (SSSR count). The first-order valence-electron chi connectivity index (χ1n) is 42.3. The minimum atomic E-state index is 0.882. The first-order chi connectivity index (χ1) is 61.5. The van der Waals surface area contributed by atoms with E-state index in [-0.39, 0.29) is 0 Å². The van der Waals surface area contributed by atoms with Crippen molar-refractivity contribution in [2.24, 2.45) is 0 Å². The van der Waals surface area contributed by atoms with Crippen LogP contribution < -0.4 is 0 Å². The summed E-state index contributed by atoms with van der Waals surface area (Å²) in [7, 11) is 0. The monoisotopic (exact) mass is 1580 g/mol. The van der Waals surface area contributed by atoms with Crippen LogP contribution in [0.15, 0.2) is 427 Å². The number of benzene rings is 23. The quantitative estimate of drug-likeness (QED) is 0.129. The number of hydrogen-bond donors (Lipinski definition) is 0. The second-order valence-electron chi connectivity index (χ2n) is 32.8. The molecule has 0 radical (unpaired) electrons. The lowest BCUT2D eigenvalue weighted by molar-refractivity contribution is 0.661. The third kappa shape index (κ3) is 9.93. The van der Waals surface area contributed by atoms with Gasteiger partial charge in [0.1, 0.15) is 67.0 Å². The van der Waals surface area contributed by atoms with Crippen LogP contribution in [0.1, 0.15) is 0 Å². The van der Waals surface area contributed by atoms with Crippen LogP contribution in [0.25, 0.3) is 284 Å². The molecular weight excluding hydrogens is 1510 g/mol. The fraction of sp³-hybridized carbons (Fsp3) is 0. The predicted octanol–water partition coefficient (Wildman–Crippen LogP) is 34.7. The first kappa shape index (κ1) is 68.4. The molecule has 23 aromatic carbocycles. The standard InChI is InChI=1S/C42H24O2.C40H22O2.C36H20O2/c1-3-11-25(12-4-1)28-23-33(26-13-5-2-6-14-26)42-34(24-28)38-31-18-10-19-35-39(31)37(30-17-9-20-36(44-42)40(30)38)32-22-21-27-15-7-8-16-29(27)41(32)43-35;1-2-10-23(11-3-1)31-22-25-13-5-6-14-26(25)38-37-29-17-9-18-32-35(29)34(28-16-8-19-33(36(28)37)42-40(31)38)30-21-20-24-12-4-7-15-27(24)39(30)41-32;1-2-10-21(11-3-1)27-20-28-33-26-16-8-18-30-34(26)32(24-14-6-7-17-29(24)37-30)25-15-9-19-31(35(25)33)38-36(28)23-13-5-4-12-22(23)27/h1-24H;1-22H;1-20H. The summed E-state index contributed by atoms with van der Waals surface area (Å²) in [6.45, 7) is 0. The molecule has 6 heteroatoms. The Morgan fingerprint density at radius 3 is 0.919 bits per heavy atom. The molecule has 0 aliphatic rings. The maximum atomic E-state index is 6.97. The normalized spacial score (nSPS) is 12.2. The van der Waals surface area contributed by atoms with Crippen LogP contribution >= 0.6 is 0 Å². The van der Waals surface area contributed by atoms with Gasteiger partial charge in [-0.3, -0.25) is 0 Å². The highest BCUT2D eigenvalue weighted by Gasteiger charge is 2.28. The lowest BCUT2D eigenvalue weighted by atomic mass is 9.87. The van der Waals surface area contributed by atoms with Crippen molar-refractivity contribution < 1.29 is 26.5 Å². The van der Waals surface area contributed by atoms with Crippen molar-refractivity contribution in [3.8, 4) is 44.5 Å². The van der Waals surface area contributed by atoms with Crippen LogP contribution in [-0.4, -0.2) is 0 Å². The molecule has 0 fully saturated rings. The third-order valence-corrected chi connectivity index (χ3v) is 26.2. The molecule has 0 aliphatic carbocycles. The summed E-state index contributed by atoms with van der Waals surface area (Å²) < 4.78 is 40.8. The van der Waals surface area contributed by atoms with E-state index in [1.807, 2.05) is 6.07 Å². The Bertz CT molecular complexity index is 9620. The van der Waals surface area contributed by atoms with Gasteiger partial charge in [-0.1, -0.05) is 322 Å². The van der Waals surface area contributed by atoms with Crippen LogP contribution in [-0.2, 0) is 0 Å². The maximum absolute atomic E-state index is 6.97. The molecule has 0 bridgehead atoms. The Morgan fingerprint density at radius 2 is 0.427 bits per heavy atom. The highest BCUT2D eigenvalue weighted by molar-refractivity contribution is 6.45. The third-order valence-electron chi connectivity index (χ3n) is 26.2. The number of hydrogen-bond acceptors (Lipinski definition) is 6. The van der Waals surface area contributed by atoms with E-state index in [1.54, 1.807) is 0 Å². The van der Waals surface area contributed by atoms with Crippen molar-refractivity contribution in [1.29, 1.82) is 0 Å². The van der Waals surface area contributed by atoms with Gasteiger partial charge in [0.25, 0.3) is 0 Å². The summed E-state index contributed by atoms with van der Waals surface area (Å²) in [4.78, 5) is 0. The average molecular weight is 1580 g/mol. The van der Waals surface area contributed by atoms with Crippen LogP contribution in [0.2, 0.25) is 0 Å². The summed E-state index contributed by atoms with van der Waals surface area (Å²) in [6.07, 6.45) is 0. The molecule has 124 heavy (non-hydrogen) atoms. The lowest BCUT2D eigenvalue weighted by Crippen LogP contribution is -1.92. The van der Waals surface area contributed by atoms with E-state index in [0.717, 1.165) is 176 Å². The molecule has 0 amide bonds. The molecule has 6 nitrogen and oxygen atoms in total. The van der Waals surface area contributed by atoms with Gasteiger partial charge >= 0.3 is 0 Å². The van der Waals surface area contributed by atoms with Gasteiger partial charge in [-0.05, 0) is 171 Å². The van der Waals surface area contributed by atoms with Crippen molar-refractivity contribution in [3.63, 3.8) is 0 Å². The summed E-state index contributed by atoms with van der Waals surface area (Å²) in [6, 6.07) is 142. The molecule has 0 saturated heterocycles. The zero-order valence-corrected chi connectivity index (χ0v) is 66.6. The first-order valence-corrected chi connectivity index (χ1v) is 42.3. The molecule has 6 aromatic heterocycles. The molecule has 29 aromatic rings. The van der Waals surface area contributed by atoms with Crippen molar-refractivity contribution in [3.05, 3.63) is 400 Å². The fourth-order valence-electron chi connectivity index (χ4n) is 21.1. The van der Waals surface area contributed by atoms with Gasteiger partial charge in [-0.15, -0.1) is 0 Å². The zero-order chi connectivity index (χ0) is 80.9. The van der Waals surface area contributed by atoms with Gasteiger partial charge < -0.3 is 26.5 Å². The zero-order valence-electron chi connectivity index (χ0n) is 66.6. The van der Waals surface area contributed by atoms with E-state index in [0.29, 0.717) is 0 Å². The minimum absolute atomic E-state index is 0.882. The highest BCUT2D eigenvalue weighted by Crippen LogP contribution is 2.54. The highest BCUT2D eigenvalue weighted by atomic mass is 16.3. The van der Waals surface area contributed by atoms with Gasteiger partial charge in [-0.25, -0.2) is 0 Å². The second-order valence-corrected chi connectivity index (χ2v) is 32.8. The molecule has 6 heterocycles. The fourth-order valence-corrected chi connectivity index (χ4v) is 21.1. The Labute approximate surface area is 706 Å². The molecule has 0 aliphatic heterocycles. The Hall–Kier alpha value is -16.5. The predicted molar refractivity (Wildman–Crippen MR) is 520 cm³/mol. The Morgan fingerprint density at radius 1 is 0.113 bits per heavy atom. The average Bonchev–Trinajstić information content (AvgIpc) is 0.700. The smallest absolute Gasteiger partial charge is 0.143 e. The number of rotatable bonds is 4. The minimum Gasteiger partial charge on any atom is -0.456 e. The van der Waals surface area contributed by atoms with Gasteiger partial charge in [0.05, 0.1) is 0 Å². The van der Waals surface area contributed by atoms with Crippen LogP contribution in [0.4, 0.5) is 0 Å². The van der Waals surface area contributed by atoms with E-state index >= 15 is 0 Å². The summed E-state index contributed by atoms with van der Waals surface area (Å²) in [5.74, 6) is 0. The van der Waals surface area contributed by atoms with Gasteiger partial charge in [0.2, 0.25) is 0 Å². The van der Waals surface area contributed by atoms with Gasteiger partial charge in [0.15, 0.2) is 0 Å². The van der Waals surface area contributed by atoms with Crippen LogP contribution in [0, 0.1) is 0 Å². The van der Waals surface area contributed by atoms with Gasteiger partial charge in [-0.2, -0.15) is 0 Å². The van der Waals surface area contributed by atoms with E-state index in [9.17, 15) is 0 Å². The van der Waals surface area contributed by atoms with Crippen LogP contribution in [0.3, 0.4) is 0 Å². The topological polar surface area (TPSA) is 78.8 Å². The molecule has 0 atom stereocenters. The molecule has 0 unspecified atom stereocenters. The Balaban J connectivity index is 0.0000000975. The Kier molecular flexibility index (Phi) is 14.6. The van der Waals surface area contributed by atoms with Crippen molar-refractivity contribution in [1.82, 2.24) is 0 Å².